The number of rotatable bonds is 2. The summed E-state index contributed by atoms with van der Waals surface area (Å²) >= 11 is 20.6. The molecular formula is C18H16Cl3NOS. The van der Waals surface area contributed by atoms with Crippen LogP contribution in [-0.2, 0) is 0 Å². The lowest BCUT2D eigenvalue weighted by Gasteiger charge is -2.25. The molecule has 0 radical (unpaired) electrons. The van der Waals surface area contributed by atoms with Crippen LogP contribution in [-0.4, -0.2) is 25.4 Å². The van der Waals surface area contributed by atoms with Crippen molar-refractivity contribution >= 4 is 46.6 Å². The number of hydrogen-bond acceptors (Lipinski definition) is 3. The Labute approximate surface area is 160 Å². The maximum absolute atomic E-state index is 6.43. The number of nitrogens with one attached hydrogen (secondary N) is 1. The molecule has 1 fully saturated rings. The SMILES string of the molecule is CSc1cc(-c2c(Cl)cc(Cl)cc2Cl)cc2c1O[C@H]1CCNC[C@@H]21. The molecular weight excluding hydrogens is 385 g/mol. The van der Waals surface area contributed by atoms with E-state index in [0.29, 0.717) is 21.0 Å². The van der Waals surface area contributed by atoms with Crippen LogP contribution in [0.25, 0.3) is 11.1 Å². The number of thioether (sulfide) groups is 1. The van der Waals surface area contributed by atoms with Gasteiger partial charge >= 0.3 is 0 Å². The summed E-state index contributed by atoms with van der Waals surface area (Å²) in [4.78, 5) is 1.12. The Balaban J connectivity index is 1.88. The zero-order chi connectivity index (χ0) is 16.8. The minimum Gasteiger partial charge on any atom is -0.488 e. The summed E-state index contributed by atoms with van der Waals surface area (Å²) in [5, 5.41) is 5.14. The standard InChI is InChI=1S/C18H16Cl3NOS/c1-24-16-5-9(17-13(20)6-10(19)7-14(17)21)4-11-12-8-22-3-2-15(12)23-18(11)16/h4-7,12,15,22H,2-3,8H2,1H3/t12-,15-/m0/s1. The summed E-state index contributed by atoms with van der Waals surface area (Å²) in [5.74, 6) is 1.40. The fraction of sp³-hybridized carbons (Fsp3) is 0.333. The van der Waals surface area contributed by atoms with E-state index in [2.05, 4.69) is 23.7 Å². The molecule has 2 aliphatic rings. The number of piperidine rings is 1. The highest BCUT2D eigenvalue weighted by atomic mass is 35.5. The Morgan fingerprint density at radius 2 is 1.88 bits per heavy atom. The van der Waals surface area contributed by atoms with E-state index in [9.17, 15) is 0 Å². The molecule has 0 aromatic heterocycles. The minimum absolute atomic E-state index is 0.263. The summed E-state index contributed by atoms with van der Waals surface area (Å²) in [5.41, 5.74) is 3.09. The van der Waals surface area contributed by atoms with Gasteiger partial charge in [0.25, 0.3) is 0 Å². The third-order valence-electron chi connectivity index (χ3n) is 4.69. The largest absolute Gasteiger partial charge is 0.488 e. The summed E-state index contributed by atoms with van der Waals surface area (Å²) in [6.45, 7) is 1.95. The molecule has 6 heteroatoms. The van der Waals surface area contributed by atoms with Gasteiger partial charge in [0.2, 0.25) is 0 Å². The number of ether oxygens (including phenoxy) is 1. The molecule has 0 unspecified atom stereocenters. The Kier molecular flexibility index (Phi) is 4.65. The second-order valence-electron chi connectivity index (χ2n) is 6.10. The van der Waals surface area contributed by atoms with E-state index in [-0.39, 0.29) is 6.10 Å². The van der Waals surface area contributed by atoms with Crippen molar-refractivity contribution in [3.05, 3.63) is 44.9 Å². The first-order valence-corrected chi connectivity index (χ1v) is 10.2. The summed E-state index contributed by atoms with van der Waals surface area (Å²) < 4.78 is 6.26. The normalized spacial score (nSPS) is 22.0. The van der Waals surface area contributed by atoms with Gasteiger partial charge in [0.15, 0.2) is 0 Å². The van der Waals surface area contributed by atoms with Crippen molar-refractivity contribution in [1.29, 1.82) is 0 Å². The Morgan fingerprint density at radius 1 is 1.12 bits per heavy atom. The number of hydrogen-bond donors (Lipinski definition) is 1. The average molecular weight is 401 g/mol. The Morgan fingerprint density at radius 3 is 2.58 bits per heavy atom. The van der Waals surface area contributed by atoms with Gasteiger partial charge in [0, 0.05) is 28.6 Å². The van der Waals surface area contributed by atoms with Gasteiger partial charge in [-0.15, -0.1) is 11.8 Å². The zero-order valence-corrected chi connectivity index (χ0v) is 16.1. The molecule has 1 N–H and O–H groups in total. The molecule has 1 saturated heterocycles. The lowest BCUT2D eigenvalue weighted by atomic mass is 9.89. The second-order valence-corrected chi connectivity index (χ2v) is 8.20. The van der Waals surface area contributed by atoms with Gasteiger partial charge in [-0.2, -0.15) is 0 Å². The van der Waals surface area contributed by atoms with Crippen molar-refractivity contribution in [2.24, 2.45) is 0 Å². The molecule has 2 atom stereocenters. The van der Waals surface area contributed by atoms with Crippen LogP contribution in [0.2, 0.25) is 15.1 Å². The summed E-state index contributed by atoms with van der Waals surface area (Å²) in [6, 6.07) is 7.75. The predicted octanol–water partition coefficient (Wildman–Crippen LogP) is 5.87. The molecule has 126 valence electrons. The molecule has 0 amide bonds. The molecule has 0 saturated carbocycles. The summed E-state index contributed by atoms with van der Waals surface area (Å²) in [7, 11) is 0. The van der Waals surface area contributed by atoms with Crippen LogP contribution in [0.1, 0.15) is 17.9 Å². The Hall–Kier alpha value is -0.580. The first kappa shape index (κ1) is 16.9. The van der Waals surface area contributed by atoms with Crippen molar-refractivity contribution in [1.82, 2.24) is 5.32 Å². The van der Waals surface area contributed by atoms with Gasteiger partial charge < -0.3 is 10.1 Å². The fourth-order valence-electron chi connectivity index (χ4n) is 3.58. The van der Waals surface area contributed by atoms with Gasteiger partial charge in [-0.05, 0) is 49.1 Å². The topological polar surface area (TPSA) is 21.3 Å². The van der Waals surface area contributed by atoms with Gasteiger partial charge in [0.05, 0.1) is 14.9 Å². The molecule has 2 aromatic rings. The highest BCUT2D eigenvalue weighted by Gasteiger charge is 2.38. The van der Waals surface area contributed by atoms with Crippen LogP contribution < -0.4 is 10.1 Å². The second kappa shape index (κ2) is 6.62. The van der Waals surface area contributed by atoms with Gasteiger partial charge in [-0.3, -0.25) is 0 Å². The van der Waals surface area contributed by atoms with Crippen LogP contribution >= 0.6 is 46.6 Å². The molecule has 4 rings (SSSR count). The van der Waals surface area contributed by atoms with E-state index in [1.54, 1.807) is 23.9 Å². The maximum atomic E-state index is 6.43. The average Bonchev–Trinajstić information content (AvgIpc) is 2.92. The maximum Gasteiger partial charge on any atom is 0.136 e. The van der Waals surface area contributed by atoms with E-state index in [0.717, 1.165) is 41.3 Å². The van der Waals surface area contributed by atoms with Crippen molar-refractivity contribution in [3.8, 4) is 16.9 Å². The van der Waals surface area contributed by atoms with Crippen LogP contribution in [0.3, 0.4) is 0 Å². The minimum atomic E-state index is 0.263. The number of halogens is 3. The molecule has 2 heterocycles. The fourth-order valence-corrected chi connectivity index (χ4v) is 5.21. The van der Waals surface area contributed by atoms with Gasteiger partial charge in [-0.25, -0.2) is 0 Å². The predicted molar refractivity (Wildman–Crippen MR) is 103 cm³/mol. The van der Waals surface area contributed by atoms with Crippen molar-refractivity contribution in [3.63, 3.8) is 0 Å². The van der Waals surface area contributed by atoms with Crippen LogP contribution in [0, 0.1) is 0 Å². The van der Waals surface area contributed by atoms with E-state index in [1.165, 1.54) is 5.56 Å². The molecule has 24 heavy (non-hydrogen) atoms. The van der Waals surface area contributed by atoms with E-state index in [4.69, 9.17) is 39.5 Å². The monoisotopic (exact) mass is 399 g/mol. The van der Waals surface area contributed by atoms with Crippen LogP contribution in [0.4, 0.5) is 0 Å². The van der Waals surface area contributed by atoms with Gasteiger partial charge in [0.1, 0.15) is 11.9 Å². The lowest BCUT2D eigenvalue weighted by Crippen LogP contribution is -2.37. The smallest absolute Gasteiger partial charge is 0.136 e. The number of benzene rings is 2. The van der Waals surface area contributed by atoms with E-state index in [1.807, 2.05) is 0 Å². The van der Waals surface area contributed by atoms with E-state index < -0.39 is 0 Å². The lowest BCUT2D eigenvalue weighted by molar-refractivity contribution is 0.169. The first-order valence-electron chi connectivity index (χ1n) is 7.82. The number of fused-ring (bicyclic) bond motifs is 3. The highest BCUT2D eigenvalue weighted by molar-refractivity contribution is 7.98. The molecule has 0 spiro atoms. The molecule has 0 aliphatic carbocycles. The van der Waals surface area contributed by atoms with Crippen LogP contribution in [0.15, 0.2) is 29.2 Å². The van der Waals surface area contributed by atoms with Crippen molar-refractivity contribution in [2.45, 2.75) is 23.3 Å². The molecule has 2 aromatic carbocycles. The summed E-state index contributed by atoms with van der Waals surface area (Å²) in [6.07, 6.45) is 3.36. The van der Waals surface area contributed by atoms with Crippen LogP contribution in [0.5, 0.6) is 5.75 Å². The molecule has 2 nitrogen and oxygen atoms in total. The third kappa shape index (κ3) is 2.81. The van der Waals surface area contributed by atoms with Gasteiger partial charge in [-0.1, -0.05) is 34.8 Å². The third-order valence-corrected chi connectivity index (χ3v) is 6.24. The van der Waals surface area contributed by atoms with E-state index >= 15 is 0 Å². The Bertz CT molecular complexity index is 788. The quantitative estimate of drug-likeness (QED) is 0.637. The van der Waals surface area contributed by atoms with Crippen molar-refractivity contribution < 1.29 is 4.74 Å². The highest BCUT2D eigenvalue weighted by Crippen LogP contribution is 2.49. The van der Waals surface area contributed by atoms with Crippen molar-refractivity contribution in [2.75, 3.05) is 19.3 Å². The first-order chi connectivity index (χ1) is 11.6. The molecule has 0 bridgehead atoms. The molecule has 2 aliphatic heterocycles. The zero-order valence-electron chi connectivity index (χ0n) is 13.0.